The lowest BCUT2D eigenvalue weighted by Gasteiger charge is -2.20. The van der Waals surface area contributed by atoms with Crippen molar-refractivity contribution in [3.63, 3.8) is 0 Å². The van der Waals surface area contributed by atoms with Gasteiger partial charge in [-0.2, -0.15) is 0 Å². The van der Waals surface area contributed by atoms with Gasteiger partial charge in [-0.05, 0) is 18.2 Å². The number of fused-ring (bicyclic) bond motifs is 3. The van der Waals surface area contributed by atoms with Gasteiger partial charge in [0.1, 0.15) is 18.1 Å². The Bertz CT molecular complexity index is 690. The first-order valence-corrected chi connectivity index (χ1v) is 5.17. The zero-order chi connectivity index (χ0) is 12.0. The summed E-state index contributed by atoms with van der Waals surface area (Å²) in [6.45, 7) is 0.741. The topological polar surface area (TPSA) is 48.3 Å². The first-order valence-electron chi connectivity index (χ1n) is 5.17. The second kappa shape index (κ2) is 3.41. The van der Waals surface area contributed by atoms with Gasteiger partial charge in [-0.3, -0.25) is 4.79 Å². The standard InChI is InChI=1S/C12H8FNO3/c13-7-1-2-9-8(5-7)11(15)6-10-12(16)17-4-3-14(9)10/h1-2,5-6H,3-4H2. The molecule has 1 aromatic heterocycles. The predicted octanol–water partition coefficient (Wildman–Crippen LogP) is 1.31. The van der Waals surface area contributed by atoms with Crippen molar-refractivity contribution in [2.45, 2.75) is 6.54 Å². The normalized spacial score (nSPS) is 14.5. The molecule has 86 valence electrons. The molecule has 2 heterocycles. The molecule has 1 aliphatic rings. The number of carbonyl (C=O) groups excluding carboxylic acids is 1. The monoisotopic (exact) mass is 233 g/mol. The van der Waals surface area contributed by atoms with Crippen LogP contribution in [0.25, 0.3) is 10.9 Å². The van der Waals surface area contributed by atoms with E-state index >= 15 is 0 Å². The molecule has 1 aromatic carbocycles. The maximum atomic E-state index is 13.1. The van der Waals surface area contributed by atoms with E-state index in [2.05, 4.69) is 0 Å². The molecule has 17 heavy (non-hydrogen) atoms. The van der Waals surface area contributed by atoms with Crippen molar-refractivity contribution in [2.24, 2.45) is 0 Å². The maximum Gasteiger partial charge on any atom is 0.355 e. The van der Waals surface area contributed by atoms with E-state index in [9.17, 15) is 14.0 Å². The predicted molar refractivity (Wildman–Crippen MR) is 58.4 cm³/mol. The van der Waals surface area contributed by atoms with Gasteiger partial charge >= 0.3 is 5.97 Å². The van der Waals surface area contributed by atoms with Gasteiger partial charge in [-0.25, -0.2) is 9.18 Å². The van der Waals surface area contributed by atoms with Gasteiger partial charge in [0.05, 0.1) is 12.1 Å². The van der Waals surface area contributed by atoms with Crippen molar-refractivity contribution in [1.82, 2.24) is 4.57 Å². The summed E-state index contributed by atoms with van der Waals surface area (Å²) in [7, 11) is 0. The van der Waals surface area contributed by atoms with E-state index in [-0.39, 0.29) is 23.1 Å². The van der Waals surface area contributed by atoms with E-state index in [1.165, 1.54) is 24.3 Å². The van der Waals surface area contributed by atoms with Gasteiger partial charge in [0, 0.05) is 11.5 Å². The molecule has 0 unspecified atom stereocenters. The Hall–Kier alpha value is -2.17. The highest BCUT2D eigenvalue weighted by atomic mass is 19.1. The van der Waals surface area contributed by atoms with Gasteiger partial charge in [0.15, 0.2) is 5.43 Å². The van der Waals surface area contributed by atoms with Gasteiger partial charge in [-0.15, -0.1) is 0 Å². The minimum absolute atomic E-state index is 0.223. The average Bonchev–Trinajstić information content (AvgIpc) is 2.31. The van der Waals surface area contributed by atoms with Crippen molar-refractivity contribution in [1.29, 1.82) is 0 Å². The second-order valence-corrected chi connectivity index (χ2v) is 3.84. The van der Waals surface area contributed by atoms with Gasteiger partial charge < -0.3 is 9.30 Å². The Labute approximate surface area is 95.2 Å². The van der Waals surface area contributed by atoms with Crippen LogP contribution in [0.4, 0.5) is 4.39 Å². The fraction of sp³-hybridized carbons (Fsp3) is 0.167. The molecule has 0 radical (unpaired) electrons. The van der Waals surface area contributed by atoms with Crippen LogP contribution in [-0.4, -0.2) is 17.1 Å². The Morgan fingerprint density at radius 2 is 2.06 bits per heavy atom. The number of hydrogen-bond donors (Lipinski definition) is 0. The molecule has 0 bridgehead atoms. The summed E-state index contributed by atoms with van der Waals surface area (Å²) in [6, 6.07) is 5.16. The van der Waals surface area contributed by atoms with Crippen LogP contribution in [-0.2, 0) is 11.3 Å². The molecule has 5 heteroatoms. The number of esters is 1. The first kappa shape index (κ1) is 10.0. The Balaban J connectivity index is 2.46. The zero-order valence-corrected chi connectivity index (χ0v) is 8.77. The van der Waals surface area contributed by atoms with E-state index in [0.717, 1.165) is 0 Å². The van der Waals surface area contributed by atoms with Crippen LogP contribution in [0.5, 0.6) is 0 Å². The molecule has 0 fully saturated rings. The lowest BCUT2D eigenvalue weighted by molar-refractivity contribution is 0.0423. The number of halogens is 1. The number of pyridine rings is 1. The van der Waals surface area contributed by atoms with Gasteiger partial charge in [0.2, 0.25) is 0 Å². The first-order chi connectivity index (χ1) is 8.16. The number of ether oxygens (including phenoxy) is 1. The van der Waals surface area contributed by atoms with Crippen LogP contribution in [0.15, 0.2) is 29.1 Å². The third-order valence-electron chi connectivity index (χ3n) is 2.83. The summed E-state index contributed by atoms with van der Waals surface area (Å²) in [5.74, 6) is -0.979. The molecule has 4 nitrogen and oxygen atoms in total. The lowest BCUT2D eigenvalue weighted by atomic mass is 10.1. The van der Waals surface area contributed by atoms with E-state index < -0.39 is 11.8 Å². The lowest BCUT2D eigenvalue weighted by Crippen LogP contribution is -2.27. The fourth-order valence-electron chi connectivity index (χ4n) is 2.06. The molecule has 0 saturated carbocycles. The summed E-state index contributed by atoms with van der Waals surface area (Å²) in [4.78, 5) is 23.3. The van der Waals surface area contributed by atoms with Crippen molar-refractivity contribution in [3.8, 4) is 0 Å². The molecule has 3 rings (SSSR count). The van der Waals surface area contributed by atoms with Gasteiger partial charge in [0.25, 0.3) is 0 Å². The Morgan fingerprint density at radius 3 is 2.88 bits per heavy atom. The SMILES string of the molecule is O=C1OCCn2c1cc(=O)c1cc(F)ccc12. The van der Waals surface area contributed by atoms with Crippen molar-refractivity contribution in [2.75, 3.05) is 6.61 Å². The number of aromatic nitrogens is 1. The molecule has 0 amide bonds. The highest BCUT2D eigenvalue weighted by Crippen LogP contribution is 2.17. The number of hydrogen-bond acceptors (Lipinski definition) is 3. The number of carbonyl (C=O) groups is 1. The van der Waals surface area contributed by atoms with Crippen molar-refractivity contribution < 1.29 is 13.9 Å². The molecule has 0 N–H and O–H groups in total. The quantitative estimate of drug-likeness (QED) is 0.644. The van der Waals surface area contributed by atoms with Crippen LogP contribution in [0.2, 0.25) is 0 Å². The van der Waals surface area contributed by atoms with Crippen LogP contribution in [0.3, 0.4) is 0 Å². The smallest absolute Gasteiger partial charge is 0.355 e. The average molecular weight is 233 g/mol. The molecule has 2 aromatic rings. The van der Waals surface area contributed by atoms with E-state index in [4.69, 9.17) is 4.74 Å². The Kier molecular flexibility index (Phi) is 2.01. The van der Waals surface area contributed by atoms with E-state index in [0.29, 0.717) is 12.1 Å². The fourth-order valence-corrected chi connectivity index (χ4v) is 2.06. The Morgan fingerprint density at radius 1 is 1.24 bits per heavy atom. The van der Waals surface area contributed by atoms with Crippen LogP contribution < -0.4 is 5.43 Å². The molecule has 0 atom stereocenters. The van der Waals surface area contributed by atoms with Crippen LogP contribution >= 0.6 is 0 Å². The third-order valence-corrected chi connectivity index (χ3v) is 2.83. The molecule has 1 aliphatic heterocycles. The molecule has 0 spiro atoms. The van der Waals surface area contributed by atoms with Crippen LogP contribution in [0.1, 0.15) is 10.5 Å². The van der Waals surface area contributed by atoms with Crippen molar-refractivity contribution in [3.05, 3.63) is 46.0 Å². The number of rotatable bonds is 0. The largest absolute Gasteiger partial charge is 0.459 e. The summed E-state index contributed by atoms with van der Waals surface area (Å²) in [5.41, 5.74) is 0.413. The highest BCUT2D eigenvalue weighted by Gasteiger charge is 2.20. The summed E-state index contributed by atoms with van der Waals surface area (Å²) >= 11 is 0. The number of benzene rings is 1. The molecular weight excluding hydrogens is 225 g/mol. The maximum absolute atomic E-state index is 13.1. The number of nitrogens with zero attached hydrogens (tertiary/aromatic N) is 1. The summed E-state index contributed by atoms with van der Waals surface area (Å²) in [6.07, 6.45) is 0. The zero-order valence-electron chi connectivity index (χ0n) is 8.77. The van der Waals surface area contributed by atoms with E-state index in [1.54, 1.807) is 4.57 Å². The minimum atomic E-state index is -0.514. The number of cyclic esters (lactones) is 1. The summed E-state index contributed by atoms with van der Waals surface area (Å²) < 4.78 is 19.6. The van der Waals surface area contributed by atoms with Crippen molar-refractivity contribution >= 4 is 16.9 Å². The molecular formula is C12H8FNO3. The summed E-state index contributed by atoms with van der Waals surface area (Å²) in [5, 5.41) is 0.281. The third kappa shape index (κ3) is 1.43. The minimum Gasteiger partial charge on any atom is -0.459 e. The van der Waals surface area contributed by atoms with Gasteiger partial charge in [-0.1, -0.05) is 0 Å². The molecule has 0 saturated heterocycles. The van der Waals surface area contributed by atoms with E-state index in [1.807, 2.05) is 0 Å². The molecule has 0 aliphatic carbocycles. The second-order valence-electron chi connectivity index (χ2n) is 3.84. The van der Waals surface area contributed by atoms with Crippen LogP contribution in [0, 0.1) is 5.82 Å². The highest BCUT2D eigenvalue weighted by molar-refractivity contribution is 5.92.